The first kappa shape index (κ1) is 17.6. The summed E-state index contributed by atoms with van der Waals surface area (Å²) in [4.78, 5) is 4.30. The lowest BCUT2D eigenvalue weighted by Crippen LogP contribution is -2.28. The molecule has 0 atom stereocenters. The van der Waals surface area contributed by atoms with Crippen LogP contribution in [0.3, 0.4) is 0 Å². The van der Waals surface area contributed by atoms with Crippen LogP contribution >= 0.6 is 0 Å². The molecule has 0 unspecified atom stereocenters. The van der Waals surface area contributed by atoms with Crippen LogP contribution in [0.4, 0.5) is 8.78 Å². The van der Waals surface area contributed by atoms with Crippen LogP contribution in [-0.2, 0) is 6.42 Å². The van der Waals surface area contributed by atoms with Crippen molar-refractivity contribution in [1.82, 2.24) is 15.5 Å². The number of ether oxygens (including phenoxy) is 1. The maximum atomic E-state index is 14.4. The Labute approximate surface area is 155 Å². The highest BCUT2D eigenvalue weighted by Crippen LogP contribution is 2.31. The Hall–Kier alpha value is -2.80. The minimum Gasteiger partial charge on any atom is -0.451 e. The van der Waals surface area contributed by atoms with Crippen molar-refractivity contribution in [2.24, 2.45) is 5.92 Å². The van der Waals surface area contributed by atoms with Crippen LogP contribution in [0.15, 0.2) is 47.0 Å². The largest absolute Gasteiger partial charge is 0.451 e. The van der Waals surface area contributed by atoms with Crippen LogP contribution in [-0.4, -0.2) is 23.2 Å². The first-order valence-corrected chi connectivity index (χ1v) is 8.94. The van der Waals surface area contributed by atoms with E-state index in [-0.39, 0.29) is 11.5 Å². The molecule has 1 aliphatic rings. The van der Waals surface area contributed by atoms with E-state index in [0.29, 0.717) is 23.9 Å². The summed E-state index contributed by atoms with van der Waals surface area (Å²) in [6.45, 7) is 1.96. The number of hydrogen-bond acceptors (Lipinski definition) is 5. The van der Waals surface area contributed by atoms with Crippen molar-refractivity contribution in [3.8, 4) is 23.0 Å². The van der Waals surface area contributed by atoms with Gasteiger partial charge in [0.1, 0.15) is 5.75 Å². The third-order valence-electron chi connectivity index (χ3n) is 4.61. The van der Waals surface area contributed by atoms with Crippen molar-refractivity contribution >= 4 is 0 Å². The monoisotopic (exact) mass is 371 g/mol. The Kier molecular flexibility index (Phi) is 5.11. The lowest BCUT2D eigenvalue weighted by Gasteiger charge is -2.20. The number of nitrogens with one attached hydrogen (secondary N) is 1. The fourth-order valence-electron chi connectivity index (χ4n) is 3.19. The van der Waals surface area contributed by atoms with Crippen molar-refractivity contribution in [3.05, 3.63) is 59.9 Å². The molecule has 1 fully saturated rings. The zero-order valence-corrected chi connectivity index (χ0v) is 14.6. The normalized spacial score (nSPS) is 15.0. The van der Waals surface area contributed by atoms with Gasteiger partial charge >= 0.3 is 0 Å². The number of halogens is 2. The minimum atomic E-state index is -0.827. The molecule has 1 N–H and O–H groups in total. The molecule has 0 amide bonds. The summed E-state index contributed by atoms with van der Waals surface area (Å²) < 4.78 is 39.3. The summed E-state index contributed by atoms with van der Waals surface area (Å²) in [5.74, 6) is -0.611. The van der Waals surface area contributed by atoms with Gasteiger partial charge in [0.05, 0.1) is 0 Å². The summed E-state index contributed by atoms with van der Waals surface area (Å²) in [6, 6.07) is 10.8. The van der Waals surface area contributed by atoms with Gasteiger partial charge in [-0.25, -0.2) is 8.78 Å². The van der Waals surface area contributed by atoms with E-state index < -0.39 is 17.4 Å². The Morgan fingerprint density at radius 3 is 2.48 bits per heavy atom. The highest BCUT2D eigenvalue weighted by Gasteiger charge is 2.20. The predicted molar refractivity (Wildman–Crippen MR) is 95.5 cm³/mol. The smallest absolute Gasteiger partial charge is 0.258 e. The number of aromatic nitrogens is 2. The summed E-state index contributed by atoms with van der Waals surface area (Å²) in [5, 5.41) is 7.26. The van der Waals surface area contributed by atoms with Gasteiger partial charge < -0.3 is 14.6 Å². The Morgan fingerprint density at radius 2 is 1.78 bits per heavy atom. The average Bonchev–Trinajstić information content (AvgIpc) is 3.15. The predicted octanol–water partition coefficient (Wildman–Crippen LogP) is 4.35. The lowest BCUT2D eigenvalue weighted by molar-refractivity contribution is 0.356. The van der Waals surface area contributed by atoms with Gasteiger partial charge in [-0.15, -0.1) is 0 Å². The van der Waals surface area contributed by atoms with Crippen LogP contribution in [0.1, 0.15) is 18.7 Å². The average molecular weight is 371 g/mol. The second-order valence-electron chi connectivity index (χ2n) is 6.60. The molecule has 27 heavy (non-hydrogen) atoms. The summed E-state index contributed by atoms with van der Waals surface area (Å²) in [5.41, 5.74) is 0.189. The highest BCUT2D eigenvalue weighted by atomic mass is 19.1. The fourth-order valence-corrected chi connectivity index (χ4v) is 3.19. The van der Waals surface area contributed by atoms with Crippen LogP contribution in [0.2, 0.25) is 0 Å². The number of nitrogens with zero attached hydrogens (tertiary/aromatic N) is 2. The third kappa shape index (κ3) is 4.14. The molecule has 1 aliphatic heterocycles. The number of benzene rings is 2. The zero-order valence-electron chi connectivity index (χ0n) is 14.6. The summed E-state index contributed by atoms with van der Waals surface area (Å²) in [6.07, 6.45) is 2.81. The van der Waals surface area contributed by atoms with Crippen molar-refractivity contribution in [2.45, 2.75) is 19.3 Å². The van der Waals surface area contributed by atoms with Gasteiger partial charge in [-0.2, -0.15) is 4.98 Å². The molecule has 4 rings (SSSR count). The fraction of sp³-hybridized carbons (Fsp3) is 0.300. The number of piperidine rings is 1. The Bertz CT molecular complexity index is 886. The van der Waals surface area contributed by atoms with Crippen LogP contribution < -0.4 is 10.1 Å². The highest BCUT2D eigenvalue weighted by molar-refractivity contribution is 5.55. The molecule has 3 aromatic rings. The maximum absolute atomic E-state index is 14.4. The number of rotatable bonds is 5. The first-order chi connectivity index (χ1) is 13.2. The van der Waals surface area contributed by atoms with Crippen molar-refractivity contribution in [1.29, 1.82) is 0 Å². The van der Waals surface area contributed by atoms with Gasteiger partial charge in [-0.05, 0) is 56.1 Å². The molecular formula is C20H19F2N3O2. The third-order valence-corrected chi connectivity index (χ3v) is 4.61. The molecule has 7 heteroatoms. The molecular weight excluding hydrogens is 352 g/mol. The van der Waals surface area contributed by atoms with Gasteiger partial charge in [0.2, 0.25) is 0 Å². The molecule has 140 valence electrons. The molecule has 1 aromatic heterocycles. The molecule has 0 saturated carbocycles. The van der Waals surface area contributed by atoms with Crippen LogP contribution in [0.25, 0.3) is 11.5 Å². The Morgan fingerprint density at radius 1 is 1.07 bits per heavy atom. The van der Waals surface area contributed by atoms with Crippen molar-refractivity contribution < 1.29 is 18.0 Å². The molecule has 2 heterocycles. The first-order valence-electron chi connectivity index (χ1n) is 8.94. The van der Waals surface area contributed by atoms with E-state index in [1.54, 1.807) is 30.3 Å². The van der Waals surface area contributed by atoms with E-state index in [0.717, 1.165) is 38.1 Å². The second-order valence-corrected chi connectivity index (χ2v) is 6.60. The van der Waals surface area contributed by atoms with Gasteiger partial charge in [0.25, 0.3) is 5.89 Å². The molecule has 0 radical (unpaired) electrons. The number of hydrogen-bond donors (Lipinski definition) is 1. The minimum absolute atomic E-state index is 0.1000. The van der Waals surface area contributed by atoms with E-state index >= 15 is 0 Å². The van der Waals surface area contributed by atoms with Crippen LogP contribution in [0.5, 0.6) is 11.5 Å². The van der Waals surface area contributed by atoms with E-state index in [2.05, 4.69) is 15.5 Å². The second kappa shape index (κ2) is 7.84. The lowest BCUT2D eigenvalue weighted by atomic mass is 9.94. The summed E-state index contributed by atoms with van der Waals surface area (Å²) in [7, 11) is 0. The van der Waals surface area contributed by atoms with Gasteiger partial charge in [0.15, 0.2) is 23.2 Å². The van der Waals surface area contributed by atoms with Gasteiger partial charge in [0, 0.05) is 12.0 Å². The summed E-state index contributed by atoms with van der Waals surface area (Å²) >= 11 is 0. The van der Waals surface area contributed by atoms with E-state index in [4.69, 9.17) is 9.26 Å². The molecule has 0 aliphatic carbocycles. The standard InChI is InChI=1S/C20H19F2N3O2/c21-16-11-14(12-17(22)19(16)26-15-4-2-1-3-5-15)20-24-18(25-27-20)10-13-6-8-23-9-7-13/h1-5,11-13,23H,6-10H2. The van der Waals surface area contributed by atoms with Crippen LogP contribution in [0, 0.1) is 17.6 Å². The zero-order chi connectivity index (χ0) is 18.6. The number of para-hydroxylation sites is 1. The molecule has 0 bridgehead atoms. The molecule has 0 spiro atoms. The van der Waals surface area contributed by atoms with E-state index in [1.807, 2.05) is 0 Å². The van der Waals surface area contributed by atoms with Crippen molar-refractivity contribution in [2.75, 3.05) is 13.1 Å². The SMILES string of the molecule is Fc1cc(-c2nc(CC3CCNCC3)no2)cc(F)c1Oc1ccccc1. The van der Waals surface area contributed by atoms with Gasteiger partial charge in [-0.1, -0.05) is 23.4 Å². The Balaban J connectivity index is 1.52. The van der Waals surface area contributed by atoms with Crippen molar-refractivity contribution in [3.63, 3.8) is 0 Å². The quantitative estimate of drug-likeness (QED) is 0.723. The van der Waals surface area contributed by atoms with E-state index in [9.17, 15) is 8.78 Å². The molecule has 1 saturated heterocycles. The topological polar surface area (TPSA) is 60.2 Å². The molecule has 5 nitrogen and oxygen atoms in total. The molecule has 2 aromatic carbocycles. The van der Waals surface area contributed by atoms with Gasteiger partial charge in [-0.3, -0.25) is 0 Å². The maximum Gasteiger partial charge on any atom is 0.258 e. The van der Waals surface area contributed by atoms with E-state index in [1.165, 1.54) is 0 Å².